The number of carbonyl (C=O) groups is 2. The Kier molecular flexibility index (Phi) is 4.24. The highest BCUT2D eigenvalue weighted by molar-refractivity contribution is 5.96. The lowest BCUT2D eigenvalue weighted by molar-refractivity contribution is -0.384. The fourth-order valence-electron chi connectivity index (χ4n) is 2.57. The second kappa shape index (κ2) is 6.49. The van der Waals surface area contributed by atoms with Crippen LogP contribution in [0.3, 0.4) is 0 Å². The molecule has 24 heavy (non-hydrogen) atoms. The van der Waals surface area contributed by atoms with Gasteiger partial charge in [-0.1, -0.05) is 30.3 Å². The second-order valence-electron chi connectivity index (χ2n) is 5.61. The zero-order chi connectivity index (χ0) is 17.1. The third-order valence-corrected chi connectivity index (χ3v) is 3.99. The Morgan fingerprint density at radius 2 is 1.67 bits per heavy atom. The number of nitrogens with one attached hydrogen (secondary N) is 2. The minimum Gasteiger partial charge on any atom is -0.273 e. The lowest BCUT2D eigenvalue weighted by atomic mass is 10.1. The molecule has 1 saturated carbocycles. The van der Waals surface area contributed by atoms with Crippen molar-refractivity contribution in [2.45, 2.75) is 12.3 Å². The van der Waals surface area contributed by atoms with Gasteiger partial charge in [-0.2, -0.15) is 0 Å². The third kappa shape index (κ3) is 3.40. The maximum atomic E-state index is 12.1. The molecule has 2 atom stereocenters. The molecule has 7 heteroatoms. The highest BCUT2D eigenvalue weighted by Crippen LogP contribution is 2.47. The van der Waals surface area contributed by atoms with E-state index in [2.05, 4.69) is 10.9 Å². The SMILES string of the molecule is O=C(NNC(=O)C1CC1c1ccccc1)c1ccc([N+](=O)[O-])cc1. The van der Waals surface area contributed by atoms with Gasteiger partial charge in [0.1, 0.15) is 0 Å². The molecule has 2 unspecified atom stereocenters. The summed E-state index contributed by atoms with van der Waals surface area (Å²) in [5.41, 5.74) is 5.99. The summed E-state index contributed by atoms with van der Waals surface area (Å²) in [5, 5.41) is 10.6. The average Bonchev–Trinajstić information content (AvgIpc) is 3.41. The van der Waals surface area contributed by atoms with Crippen molar-refractivity contribution >= 4 is 17.5 Å². The number of hydrazine groups is 1. The summed E-state index contributed by atoms with van der Waals surface area (Å²) in [6.45, 7) is 0. The summed E-state index contributed by atoms with van der Waals surface area (Å²) < 4.78 is 0. The summed E-state index contributed by atoms with van der Waals surface area (Å²) in [4.78, 5) is 34.0. The van der Waals surface area contributed by atoms with Gasteiger partial charge in [-0.15, -0.1) is 0 Å². The Balaban J connectivity index is 1.51. The highest BCUT2D eigenvalue weighted by Gasteiger charge is 2.43. The first-order valence-corrected chi connectivity index (χ1v) is 7.46. The molecular weight excluding hydrogens is 310 g/mol. The first-order chi connectivity index (χ1) is 11.6. The number of hydrogen-bond acceptors (Lipinski definition) is 4. The minimum atomic E-state index is -0.541. The Bertz CT molecular complexity index is 774. The van der Waals surface area contributed by atoms with Crippen LogP contribution in [-0.4, -0.2) is 16.7 Å². The molecule has 0 aromatic heterocycles. The fourth-order valence-corrected chi connectivity index (χ4v) is 2.57. The summed E-state index contributed by atoms with van der Waals surface area (Å²) in [5.74, 6) is -0.721. The van der Waals surface area contributed by atoms with Crippen LogP contribution in [-0.2, 0) is 4.79 Å². The third-order valence-electron chi connectivity index (χ3n) is 3.99. The van der Waals surface area contributed by atoms with Crippen LogP contribution in [0.2, 0.25) is 0 Å². The van der Waals surface area contributed by atoms with E-state index in [1.807, 2.05) is 30.3 Å². The zero-order valence-electron chi connectivity index (χ0n) is 12.6. The monoisotopic (exact) mass is 325 g/mol. The Morgan fingerprint density at radius 1 is 1.00 bits per heavy atom. The maximum absolute atomic E-state index is 12.1. The molecule has 0 aliphatic heterocycles. The van der Waals surface area contributed by atoms with E-state index in [-0.39, 0.29) is 29.0 Å². The number of nitro benzene ring substituents is 1. The molecule has 3 rings (SSSR count). The average molecular weight is 325 g/mol. The predicted molar refractivity (Wildman–Crippen MR) is 86.0 cm³/mol. The number of benzene rings is 2. The van der Waals surface area contributed by atoms with Gasteiger partial charge in [-0.05, 0) is 30.0 Å². The van der Waals surface area contributed by atoms with Crippen LogP contribution in [0.25, 0.3) is 0 Å². The first kappa shape index (κ1) is 15.7. The van der Waals surface area contributed by atoms with E-state index in [4.69, 9.17) is 0 Å². The molecule has 2 aromatic rings. The number of amides is 2. The summed E-state index contributed by atoms with van der Waals surface area (Å²) in [6, 6.07) is 14.9. The van der Waals surface area contributed by atoms with Crippen LogP contribution in [0.5, 0.6) is 0 Å². The van der Waals surface area contributed by atoms with Crippen LogP contribution in [0, 0.1) is 16.0 Å². The van der Waals surface area contributed by atoms with Gasteiger partial charge in [0.25, 0.3) is 11.6 Å². The molecule has 122 valence electrons. The summed E-state index contributed by atoms with van der Waals surface area (Å²) in [6.07, 6.45) is 0.753. The lowest BCUT2D eigenvalue weighted by Crippen LogP contribution is -2.42. The number of rotatable bonds is 4. The molecule has 0 spiro atoms. The normalized spacial score (nSPS) is 18.5. The van der Waals surface area contributed by atoms with Crippen molar-refractivity contribution in [3.8, 4) is 0 Å². The Morgan fingerprint density at radius 3 is 2.29 bits per heavy atom. The van der Waals surface area contributed by atoms with Crippen molar-refractivity contribution in [1.82, 2.24) is 10.9 Å². The first-order valence-electron chi connectivity index (χ1n) is 7.46. The van der Waals surface area contributed by atoms with Gasteiger partial charge in [0.15, 0.2) is 0 Å². The highest BCUT2D eigenvalue weighted by atomic mass is 16.6. The molecule has 1 fully saturated rings. The number of nitrogens with zero attached hydrogens (tertiary/aromatic N) is 1. The molecule has 0 radical (unpaired) electrons. The van der Waals surface area contributed by atoms with E-state index < -0.39 is 10.8 Å². The molecule has 2 aromatic carbocycles. The maximum Gasteiger partial charge on any atom is 0.269 e. The van der Waals surface area contributed by atoms with E-state index in [1.54, 1.807) is 0 Å². The second-order valence-corrected chi connectivity index (χ2v) is 5.61. The molecule has 1 aliphatic rings. The van der Waals surface area contributed by atoms with Gasteiger partial charge in [-0.25, -0.2) is 0 Å². The lowest BCUT2D eigenvalue weighted by Gasteiger charge is -2.07. The largest absolute Gasteiger partial charge is 0.273 e. The van der Waals surface area contributed by atoms with Crippen LogP contribution in [0.1, 0.15) is 28.3 Å². The van der Waals surface area contributed by atoms with Crippen molar-refractivity contribution in [1.29, 1.82) is 0 Å². The summed E-state index contributed by atoms with van der Waals surface area (Å²) >= 11 is 0. The standard InChI is InChI=1S/C17H15N3O4/c21-16(12-6-8-13(9-7-12)20(23)24)18-19-17(22)15-10-14(15)11-4-2-1-3-5-11/h1-9,14-15H,10H2,(H,18,21)(H,19,22). The van der Waals surface area contributed by atoms with Gasteiger partial charge >= 0.3 is 0 Å². The van der Waals surface area contributed by atoms with Gasteiger partial charge in [0.2, 0.25) is 5.91 Å². The Hall–Kier alpha value is -3.22. The van der Waals surface area contributed by atoms with Crippen molar-refractivity contribution in [3.63, 3.8) is 0 Å². The Labute approximate surface area is 137 Å². The van der Waals surface area contributed by atoms with E-state index >= 15 is 0 Å². The molecule has 0 bridgehead atoms. The quantitative estimate of drug-likeness (QED) is 0.664. The topological polar surface area (TPSA) is 101 Å². The molecule has 2 amide bonds. The van der Waals surface area contributed by atoms with Gasteiger partial charge in [0.05, 0.1) is 4.92 Å². The molecule has 2 N–H and O–H groups in total. The van der Waals surface area contributed by atoms with Crippen LogP contribution in [0.15, 0.2) is 54.6 Å². The molecule has 7 nitrogen and oxygen atoms in total. The zero-order valence-corrected chi connectivity index (χ0v) is 12.6. The van der Waals surface area contributed by atoms with Gasteiger partial charge in [-0.3, -0.25) is 30.6 Å². The number of nitro groups is 1. The molecule has 0 saturated heterocycles. The molecule has 1 aliphatic carbocycles. The summed E-state index contributed by atoms with van der Waals surface area (Å²) in [7, 11) is 0. The van der Waals surface area contributed by atoms with Crippen LogP contribution < -0.4 is 10.9 Å². The van der Waals surface area contributed by atoms with Crippen molar-refractivity contribution in [2.75, 3.05) is 0 Å². The van der Waals surface area contributed by atoms with Crippen molar-refractivity contribution in [2.24, 2.45) is 5.92 Å². The van der Waals surface area contributed by atoms with E-state index in [9.17, 15) is 19.7 Å². The fraction of sp³-hybridized carbons (Fsp3) is 0.176. The van der Waals surface area contributed by atoms with Crippen LogP contribution >= 0.6 is 0 Å². The minimum absolute atomic E-state index is 0.0979. The van der Waals surface area contributed by atoms with Crippen molar-refractivity contribution in [3.05, 3.63) is 75.8 Å². The molecular formula is C17H15N3O4. The van der Waals surface area contributed by atoms with E-state index in [0.717, 1.165) is 12.0 Å². The molecule has 0 heterocycles. The van der Waals surface area contributed by atoms with E-state index in [1.165, 1.54) is 24.3 Å². The number of hydrogen-bond donors (Lipinski definition) is 2. The van der Waals surface area contributed by atoms with Gasteiger partial charge < -0.3 is 0 Å². The smallest absolute Gasteiger partial charge is 0.269 e. The van der Waals surface area contributed by atoms with Gasteiger partial charge in [0, 0.05) is 23.6 Å². The van der Waals surface area contributed by atoms with Crippen LogP contribution in [0.4, 0.5) is 5.69 Å². The number of non-ortho nitro benzene ring substituents is 1. The number of carbonyl (C=O) groups excluding carboxylic acids is 2. The predicted octanol–water partition coefficient (Wildman–Crippen LogP) is 2.16. The van der Waals surface area contributed by atoms with Crippen molar-refractivity contribution < 1.29 is 14.5 Å². The van der Waals surface area contributed by atoms with E-state index in [0.29, 0.717) is 0 Å².